The van der Waals surface area contributed by atoms with E-state index in [1.807, 2.05) is 29.4 Å². The Hall–Kier alpha value is -2.85. The van der Waals surface area contributed by atoms with Crippen LogP contribution in [0.5, 0.6) is 0 Å². The van der Waals surface area contributed by atoms with Crippen molar-refractivity contribution in [2.24, 2.45) is 0 Å². The lowest BCUT2D eigenvalue weighted by Gasteiger charge is -2.35. The molecule has 3 aromatic rings. The number of rotatable bonds is 4. The van der Waals surface area contributed by atoms with E-state index >= 15 is 0 Å². The minimum atomic E-state index is -3.75. The predicted molar refractivity (Wildman–Crippen MR) is 111 cm³/mol. The van der Waals surface area contributed by atoms with Crippen LogP contribution in [-0.4, -0.2) is 58.4 Å². The van der Waals surface area contributed by atoms with Crippen LogP contribution in [0.15, 0.2) is 41.8 Å². The van der Waals surface area contributed by atoms with Gasteiger partial charge in [-0.15, -0.1) is 0 Å². The number of sulfonamides is 1. The van der Waals surface area contributed by atoms with Gasteiger partial charge >= 0.3 is 0 Å². The van der Waals surface area contributed by atoms with Crippen LogP contribution in [0.3, 0.4) is 0 Å². The van der Waals surface area contributed by atoms with Crippen LogP contribution in [0.25, 0.3) is 5.82 Å². The van der Waals surface area contributed by atoms with Gasteiger partial charge in [-0.2, -0.15) is 4.31 Å². The highest BCUT2D eigenvalue weighted by Crippen LogP contribution is 2.24. The van der Waals surface area contributed by atoms with Crippen molar-refractivity contribution >= 4 is 15.8 Å². The summed E-state index contributed by atoms with van der Waals surface area (Å²) in [7, 11) is -3.75. The van der Waals surface area contributed by atoms with Gasteiger partial charge in [0.25, 0.3) is 0 Å². The fraction of sp³-hybridized carbons (Fsp3) is 0.350. The van der Waals surface area contributed by atoms with Gasteiger partial charge in [0.05, 0.1) is 10.6 Å². The Morgan fingerprint density at radius 2 is 1.63 bits per heavy atom. The molecular formula is C20H23FN6O2S. The van der Waals surface area contributed by atoms with E-state index in [-0.39, 0.29) is 4.90 Å². The summed E-state index contributed by atoms with van der Waals surface area (Å²) >= 11 is 0. The highest BCUT2D eigenvalue weighted by molar-refractivity contribution is 7.89. The van der Waals surface area contributed by atoms with Gasteiger partial charge in [-0.05, 0) is 38.5 Å². The first-order valence-corrected chi connectivity index (χ1v) is 11.1. The zero-order valence-electron chi connectivity index (χ0n) is 17.1. The lowest BCUT2D eigenvalue weighted by atomic mass is 10.2. The molecule has 1 aromatic carbocycles. The monoisotopic (exact) mass is 430 g/mol. The molecule has 8 nitrogen and oxygen atoms in total. The second-order valence-electron chi connectivity index (χ2n) is 7.32. The van der Waals surface area contributed by atoms with Crippen molar-refractivity contribution in [3.05, 3.63) is 59.7 Å². The lowest BCUT2D eigenvalue weighted by Crippen LogP contribution is -2.49. The van der Waals surface area contributed by atoms with Gasteiger partial charge < -0.3 is 4.90 Å². The summed E-state index contributed by atoms with van der Waals surface area (Å²) in [6.07, 6.45) is 3.22. The van der Waals surface area contributed by atoms with Gasteiger partial charge in [-0.25, -0.2) is 27.8 Å². The number of piperazine rings is 1. The highest BCUT2D eigenvalue weighted by atomic mass is 32.2. The third kappa shape index (κ3) is 3.68. The third-order valence-electron chi connectivity index (χ3n) is 5.47. The largest absolute Gasteiger partial charge is 0.354 e. The number of aryl methyl sites for hydroxylation is 2. The zero-order chi connectivity index (χ0) is 21.5. The van der Waals surface area contributed by atoms with Gasteiger partial charge in [-0.1, -0.05) is 6.07 Å². The van der Waals surface area contributed by atoms with Gasteiger partial charge in [0.2, 0.25) is 10.0 Å². The molecule has 0 radical (unpaired) electrons. The van der Waals surface area contributed by atoms with Crippen molar-refractivity contribution in [3.63, 3.8) is 0 Å². The lowest BCUT2D eigenvalue weighted by molar-refractivity contribution is 0.383. The normalized spacial score (nSPS) is 15.5. The quantitative estimate of drug-likeness (QED) is 0.631. The molecule has 0 N–H and O–H groups in total. The van der Waals surface area contributed by atoms with Crippen molar-refractivity contribution in [2.45, 2.75) is 25.7 Å². The summed E-state index contributed by atoms with van der Waals surface area (Å²) in [6.45, 7) is 7.13. The maximum absolute atomic E-state index is 13.6. The van der Waals surface area contributed by atoms with E-state index < -0.39 is 15.8 Å². The molecule has 0 unspecified atom stereocenters. The first-order chi connectivity index (χ1) is 14.3. The van der Waals surface area contributed by atoms with Crippen molar-refractivity contribution in [3.8, 4) is 5.82 Å². The maximum Gasteiger partial charge on any atom is 0.243 e. The summed E-state index contributed by atoms with van der Waals surface area (Å²) in [5, 5.41) is 0. The average Bonchev–Trinajstić information content (AvgIpc) is 3.08. The van der Waals surface area contributed by atoms with Crippen LogP contribution >= 0.6 is 0 Å². The second kappa shape index (κ2) is 7.77. The molecule has 0 spiro atoms. The molecule has 0 amide bonds. The minimum Gasteiger partial charge on any atom is -0.354 e. The van der Waals surface area contributed by atoms with Crippen LogP contribution in [0.2, 0.25) is 0 Å². The standard InChI is InChI=1S/C20H23FN6O2S/c1-14-4-5-17(21)10-18(14)30(28,29)26-8-6-25(7-9-26)19-11-20(23-12-22-19)27-13-24-15(2)16(27)3/h4-5,10-13H,6-9H2,1-3H3. The van der Waals surface area contributed by atoms with E-state index in [2.05, 4.69) is 15.0 Å². The number of halogens is 1. The van der Waals surface area contributed by atoms with Gasteiger partial charge in [-0.3, -0.25) is 4.57 Å². The Morgan fingerprint density at radius 3 is 2.30 bits per heavy atom. The van der Waals surface area contributed by atoms with Crippen molar-refractivity contribution in [1.82, 2.24) is 23.8 Å². The molecule has 3 heterocycles. The highest BCUT2D eigenvalue weighted by Gasteiger charge is 2.30. The van der Waals surface area contributed by atoms with Crippen molar-refractivity contribution < 1.29 is 12.8 Å². The van der Waals surface area contributed by atoms with E-state index in [9.17, 15) is 12.8 Å². The van der Waals surface area contributed by atoms with E-state index in [1.165, 1.54) is 22.8 Å². The summed E-state index contributed by atoms with van der Waals surface area (Å²) < 4.78 is 42.9. The van der Waals surface area contributed by atoms with Crippen LogP contribution in [0.1, 0.15) is 17.0 Å². The molecule has 0 bridgehead atoms. The van der Waals surface area contributed by atoms with Crippen molar-refractivity contribution in [2.75, 3.05) is 31.1 Å². The predicted octanol–water partition coefficient (Wildman–Crippen LogP) is 2.24. The van der Waals surface area contributed by atoms with Crippen LogP contribution in [-0.2, 0) is 10.0 Å². The SMILES string of the molecule is Cc1ccc(F)cc1S(=O)(=O)N1CCN(c2cc(-n3cnc(C)c3C)ncn2)CC1. The molecule has 0 aliphatic carbocycles. The molecule has 0 saturated carbocycles. The van der Waals surface area contributed by atoms with E-state index in [0.717, 1.165) is 23.3 Å². The van der Waals surface area contributed by atoms with Crippen LogP contribution in [0.4, 0.5) is 10.2 Å². The van der Waals surface area contributed by atoms with Crippen LogP contribution in [0, 0.1) is 26.6 Å². The zero-order valence-corrected chi connectivity index (χ0v) is 17.9. The minimum absolute atomic E-state index is 0.0197. The fourth-order valence-electron chi connectivity index (χ4n) is 3.52. The van der Waals surface area contributed by atoms with E-state index in [0.29, 0.717) is 37.6 Å². The smallest absolute Gasteiger partial charge is 0.243 e. The van der Waals surface area contributed by atoms with Crippen LogP contribution < -0.4 is 4.90 Å². The first-order valence-electron chi connectivity index (χ1n) is 9.61. The Bertz CT molecular complexity index is 1190. The van der Waals surface area contributed by atoms with Gasteiger partial charge in [0.1, 0.15) is 30.1 Å². The first kappa shape index (κ1) is 20.4. The van der Waals surface area contributed by atoms with Crippen molar-refractivity contribution in [1.29, 1.82) is 0 Å². The Morgan fingerprint density at radius 1 is 0.933 bits per heavy atom. The Labute approximate surface area is 175 Å². The molecule has 1 saturated heterocycles. The third-order valence-corrected chi connectivity index (χ3v) is 7.51. The maximum atomic E-state index is 13.6. The van der Waals surface area contributed by atoms with E-state index in [1.54, 1.807) is 13.3 Å². The summed E-state index contributed by atoms with van der Waals surface area (Å²) in [4.78, 5) is 15.0. The fourth-order valence-corrected chi connectivity index (χ4v) is 5.18. The Kier molecular flexibility index (Phi) is 5.29. The number of benzene rings is 1. The molecule has 30 heavy (non-hydrogen) atoms. The molecule has 4 rings (SSSR count). The number of hydrogen-bond acceptors (Lipinski definition) is 6. The van der Waals surface area contributed by atoms with Gasteiger partial charge in [0.15, 0.2) is 0 Å². The topological polar surface area (TPSA) is 84.2 Å². The summed E-state index contributed by atoms with van der Waals surface area (Å²) in [5.74, 6) is 0.879. The molecule has 1 aliphatic heterocycles. The number of hydrogen-bond donors (Lipinski definition) is 0. The number of imidazole rings is 1. The average molecular weight is 431 g/mol. The molecule has 0 atom stereocenters. The molecule has 10 heteroatoms. The van der Waals surface area contributed by atoms with E-state index in [4.69, 9.17) is 0 Å². The number of anilines is 1. The van der Waals surface area contributed by atoms with Gasteiger partial charge in [0, 0.05) is 37.9 Å². The summed E-state index contributed by atoms with van der Waals surface area (Å²) in [6, 6.07) is 5.71. The summed E-state index contributed by atoms with van der Waals surface area (Å²) in [5.41, 5.74) is 2.47. The molecule has 158 valence electrons. The molecule has 2 aromatic heterocycles. The molecule has 1 fully saturated rings. The number of nitrogens with zero attached hydrogens (tertiary/aromatic N) is 6. The molecular weight excluding hydrogens is 407 g/mol. The number of aromatic nitrogens is 4. The second-order valence-corrected chi connectivity index (χ2v) is 9.23. The Balaban J connectivity index is 1.52. The molecule has 1 aliphatic rings.